The minimum atomic E-state index is -0.403. The largest absolute Gasteiger partial charge is 0.446 e. The van der Waals surface area contributed by atoms with Crippen molar-refractivity contribution in [1.82, 2.24) is 15.6 Å². The number of nitrogens with one attached hydrogen (secondary N) is 2. The molecule has 0 saturated carbocycles. The Balaban J connectivity index is 2.39. The lowest BCUT2D eigenvalue weighted by atomic mass is 10.2. The van der Waals surface area contributed by atoms with Crippen LogP contribution in [0, 0.1) is 0 Å². The SMILES string of the molecule is CNC1C(=O)NCCc2ncoc21. The Morgan fingerprint density at radius 1 is 1.77 bits per heavy atom. The first-order chi connectivity index (χ1) is 6.33. The van der Waals surface area contributed by atoms with Gasteiger partial charge in [-0.2, -0.15) is 0 Å². The van der Waals surface area contributed by atoms with Crippen LogP contribution in [-0.2, 0) is 11.2 Å². The second kappa shape index (κ2) is 3.18. The zero-order valence-electron chi connectivity index (χ0n) is 7.33. The van der Waals surface area contributed by atoms with E-state index in [1.807, 2.05) is 0 Å². The highest BCUT2D eigenvalue weighted by molar-refractivity contribution is 5.83. The molecule has 2 heterocycles. The molecular weight excluding hydrogens is 170 g/mol. The van der Waals surface area contributed by atoms with E-state index in [4.69, 9.17) is 4.42 Å². The van der Waals surface area contributed by atoms with Crippen molar-refractivity contribution in [2.45, 2.75) is 12.5 Å². The number of carbonyl (C=O) groups excluding carboxylic acids is 1. The number of rotatable bonds is 1. The topological polar surface area (TPSA) is 67.2 Å². The van der Waals surface area contributed by atoms with Crippen LogP contribution in [-0.4, -0.2) is 24.5 Å². The number of hydrogen-bond acceptors (Lipinski definition) is 4. The highest BCUT2D eigenvalue weighted by Crippen LogP contribution is 2.19. The fourth-order valence-corrected chi connectivity index (χ4v) is 1.49. The van der Waals surface area contributed by atoms with Crippen LogP contribution in [0.5, 0.6) is 0 Å². The third-order valence-electron chi connectivity index (χ3n) is 2.15. The fraction of sp³-hybridized carbons (Fsp3) is 0.500. The molecule has 2 rings (SSSR count). The molecule has 1 aromatic heterocycles. The predicted octanol–water partition coefficient (Wildman–Crippen LogP) is -0.393. The molecule has 70 valence electrons. The number of fused-ring (bicyclic) bond motifs is 1. The molecule has 13 heavy (non-hydrogen) atoms. The van der Waals surface area contributed by atoms with Crippen molar-refractivity contribution in [2.75, 3.05) is 13.6 Å². The number of oxazole rings is 1. The monoisotopic (exact) mass is 181 g/mol. The van der Waals surface area contributed by atoms with E-state index in [9.17, 15) is 4.79 Å². The van der Waals surface area contributed by atoms with Gasteiger partial charge in [0.2, 0.25) is 5.91 Å². The third kappa shape index (κ3) is 1.31. The van der Waals surface area contributed by atoms with E-state index in [0.717, 1.165) is 12.1 Å². The Morgan fingerprint density at radius 3 is 3.38 bits per heavy atom. The quantitative estimate of drug-likeness (QED) is 0.619. The first-order valence-electron chi connectivity index (χ1n) is 4.20. The number of nitrogens with zero attached hydrogens (tertiary/aromatic N) is 1. The van der Waals surface area contributed by atoms with E-state index < -0.39 is 6.04 Å². The molecule has 5 nitrogen and oxygen atoms in total. The lowest BCUT2D eigenvalue weighted by Gasteiger charge is -2.09. The third-order valence-corrected chi connectivity index (χ3v) is 2.15. The summed E-state index contributed by atoms with van der Waals surface area (Å²) in [6, 6.07) is -0.403. The molecule has 1 aliphatic rings. The minimum Gasteiger partial charge on any atom is -0.446 e. The molecule has 1 atom stereocenters. The molecule has 0 bridgehead atoms. The molecule has 0 fully saturated rings. The van der Waals surface area contributed by atoms with Crippen LogP contribution in [0.1, 0.15) is 17.5 Å². The van der Waals surface area contributed by atoms with E-state index in [0.29, 0.717) is 12.3 Å². The standard InChI is InChI=1S/C8H11N3O2/c1-9-6-7-5(11-4-13-7)2-3-10-8(6)12/h4,6,9H,2-3H2,1H3,(H,10,12). The summed E-state index contributed by atoms with van der Waals surface area (Å²) in [5.74, 6) is 0.579. The van der Waals surface area contributed by atoms with Crippen LogP contribution in [0.3, 0.4) is 0 Å². The smallest absolute Gasteiger partial charge is 0.245 e. The highest BCUT2D eigenvalue weighted by Gasteiger charge is 2.27. The molecule has 0 saturated heterocycles. The molecule has 1 unspecified atom stereocenters. The van der Waals surface area contributed by atoms with Gasteiger partial charge in [-0.25, -0.2) is 4.98 Å². The molecule has 5 heteroatoms. The second-order valence-electron chi connectivity index (χ2n) is 2.93. The van der Waals surface area contributed by atoms with E-state index in [1.54, 1.807) is 7.05 Å². The summed E-state index contributed by atoms with van der Waals surface area (Å²) in [5.41, 5.74) is 0.859. The number of aromatic nitrogens is 1. The van der Waals surface area contributed by atoms with Crippen molar-refractivity contribution in [3.8, 4) is 0 Å². The van der Waals surface area contributed by atoms with Gasteiger partial charge in [0.25, 0.3) is 0 Å². The average molecular weight is 181 g/mol. The summed E-state index contributed by atoms with van der Waals surface area (Å²) in [6.07, 6.45) is 2.11. The van der Waals surface area contributed by atoms with Gasteiger partial charge >= 0.3 is 0 Å². The number of hydrogen-bond donors (Lipinski definition) is 2. The summed E-state index contributed by atoms with van der Waals surface area (Å²) >= 11 is 0. The van der Waals surface area contributed by atoms with Gasteiger partial charge in [0, 0.05) is 13.0 Å². The average Bonchev–Trinajstić information content (AvgIpc) is 2.50. The van der Waals surface area contributed by atoms with Crippen molar-refractivity contribution < 1.29 is 9.21 Å². The number of carbonyl (C=O) groups is 1. The molecule has 0 radical (unpaired) electrons. The van der Waals surface area contributed by atoms with Gasteiger partial charge in [0.05, 0.1) is 5.69 Å². The van der Waals surface area contributed by atoms with E-state index >= 15 is 0 Å². The molecule has 2 N–H and O–H groups in total. The maximum Gasteiger partial charge on any atom is 0.245 e. The van der Waals surface area contributed by atoms with Gasteiger partial charge in [-0.05, 0) is 7.05 Å². The first-order valence-corrected chi connectivity index (χ1v) is 4.20. The molecule has 1 aromatic rings. The van der Waals surface area contributed by atoms with Crippen LogP contribution in [0.15, 0.2) is 10.8 Å². The Bertz CT molecular complexity index is 321. The van der Waals surface area contributed by atoms with Gasteiger partial charge in [-0.15, -0.1) is 0 Å². The maximum atomic E-state index is 11.4. The van der Waals surface area contributed by atoms with Gasteiger partial charge in [-0.1, -0.05) is 0 Å². The summed E-state index contributed by atoms with van der Waals surface area (Å²) < 4.78 is 5.18. The van der Waals surface area contributed by atoms with E-state index in [2.05, 4.69) is 15.6 Å². The molecule has 1 amide bonds. The Hall–Kier alpha value is -1.36. The lowest BCUT2D eigenvalue weighted by molar-refractivity contribution is -0.123. The first kappa shape index (κ1) is 8.25. The highest BCUT2D eigenvalue weighted by atomic mass is 16.3. The Labute approximate surface area is 75.5 Å². The molecule has 0 aliphatic carbocycles. The molecule has 0 spiro atoms. The summed E-state index contributed by atoms with van der Waals surface area (Å²) in [7, 11) is 1.72. The fourth-order valence-electron chi connectivity index (χ4n) is 1.49. The van der Waals surface area contributed by atoms with Crippen molar-refractivity contribution >= 4 is 5.91 Å². The second-order valence-corrected chi connectivity index (χ2v) is 2.93. The van der Waals surface area contributed by atoms with Gasteiger partial charge in [0.15, 0.2) is 12.2 Å². The Kier molecular flexibility index (Phi) is 2.02. The van der Waals surface area contributed by atoms with Gasteiger partial charge < -0.3 is 15.1 Å². The predicted molar refractivity (Wildman–Crippen MR) is 45.0 cm³/mol. The van der Waals surface area contributed by atoms with Crippen LogP contribution < -0.4 is 10.6 Å². The lowest BCUT2D eigenvalue weighted by Crippen LogP contribution is -2.34. The summed E-state index contributed by atoms with van der Waals surface area (Å²) in [6.45, 7) is 0.622. The molecule has 0 aromatic carbocycles. The van der Waals surface area contributed by atoms with Gasteiger partial charge in [0.1, 0.15) is 6.04 Å². The van der Waals surface area contributed by atoms with E-state index in [-0.39, 0.29) is 5.91 Å². The normalized spacial score (nSPS) is 21.9. The van der Waals surface area contributed by atoms with E-state index in [1.165, 1.54) is 6.39 Å². The van der Waals surface area contributed by atoms with Crippen molar-refractivity contribution in [1.29, 1.82) is 0 Å². The van der Waals surface area contributed by atoms with Gasteiger partial charge in [-0.3, -0.25) is 4.79 Å². The summed E-state index contributed by atoms with van der Waals surface area (Å²) in [4.78, 5) is 15.5. The zero-order valence-corrected chi connectivity index (χ0v) is 7.33. The number of amides is 1. The van der Waals surface area contributed by atoms with Crippen LogP contribution in [0.2, 0.25) is 0 Å². The van der Waals surface area contributed by atoms with Crippen LogP contribution >= 0.6 is 0 Å². The molecule has 1 aliphatic heterocycles. The van der Waals surface area contributed by atoms with Crippen molar-refractivity contribution in [3.63, 3.8) is 0 Å². The zero-order chi connectivity index (χ0) is 9.26. The number of likely N-dealkylation sites (N-methyl/N-ethyl adjacent to an activating group) is 1. The maximum absolute atomic E-state index is 11.4. The Morgan fingerprint density at radius 2 is 2.62 bits per heavy atom. The van der Waals surface area contributed by atoms with Crippen molar-refractivity contribution in [2.24, 2.45) is 0 Å². The minimum absolute atomic E-state index is 0.0574. The van der Waals surface area contributed by atoms with Crippen LogP contribution in [0.25, 0.3) is 0 Å². The summed E-state index contributed by atoms with van der Waals surface area (Å²) in [5, 5.41) is 5.67. The van der Waals surface area contributed by atoms with Crippen LogP contribution in [0.4, 0.5) is 0 Å². The molecular formula is C8H11N3O2. The van der Waals surface area contributed by atoms with Crippen molar-refractivity contribution in [3.05, 3.63) is 17.8 Å².